The fourth-order valence-electron chi connectivity index (χ4n) is 1.02. The SMILES string of the molecule is NC(=S)CNC(=O)C(=O)Nc1ccc(F)cc1Cl. The van der Waals surface area contributed by atoms with Gasteiger partial charge in [0.05, 0.1) is 22.2 Å². The first-order chi connectivity index (χ1) is 8.40. The first kappa shape index (κ1) is 14.3. The van der Waals surface area contributed by atoms with Gasteiger partial charge in [0, 0.05) is 0 Å². The summed E-state index contributed by atoms with van der Waals surface area (Å²) in [6.45, 7) is -0.0846. The Kier molecular flexibility index (Phi) is 4.99. The Bertz CT molecular complexity index is 510. The lowest BCUT2D eigenvalue weighted by atomic mass is 10.3. The highest BCUT2D eigenvalue weighted by Gasteiger charge is 2.14. The van der Waals surface area contributed by atoms with Crippen LogP contribution in [0.3, 0.4) is 0 Å². The highest BCUT2D eigenvalue weighted by molar-refractivity contribution is 7.80. The van der Waals surface area contributed by atoms with E-state index in [9.17, 15) is 14.0 Å². The Morgan fingerprint density at radius 1 is 1.39 bits per heavy atom. The van der Waals surface area contributed by atoms with Crippen LogP contribution in [0.5, 0.6) is 0 Å². The molecule has 0 heterocycles. The van der Waals surface area contributed by atoms with E-state index in [1.807, 2.05) is 0 Å². The summed E-state index contributed by atoms with van der Waals surface area (Å²) in [4.78, 5) is 22.7. The Balaban J connectivity index is 2.64. The maximum absolute atomic E-state index is 12.7. The topological polar surface area (TPSA) is 84.2 Å². The molecule has 0 atom stereocenters. The summed E-state index contributed by atoms with van der Waals surface area (Å²) in [5, 5.41) is 4.42. The highest BCUT2D eigenvalue weighted by Crippen LogP contribution is 2.22. The number of anilines is 1. The quantitative estimate of drug-likeness (QED) is 0.568. The Hall–Kier alpha value is -1.73. The minimum atomic E-state index is -0.945. The van der Waals surface area contributed by atoms with Gasteiger partial charge in [-0.2, -0.15) is 0 Å². The molecule has 1 aromatic carbocycles. The molecule has 2 amide bonds. The number of amides is 2. The molecule has 1 rings (SSSR count). The zero-order valence-corrected chi connectivity index (χ0v) is 10.6. The summed E-state index contributed by atoms with van der Waals surface area (Å²) in [6.07, 6.45) is 0. The van der Waals surface area contributed by atoms with Gasteiger partial charge in [0.25, 0.3) is 0 Å². The van der Waals surface area contributed by atoms with E-state index in [-0.39, 0.29) is 22.2 Å². The summed E-state index contributed by atoms with van der Waals surface area (Å²) in [7, 11) is 0. The van der Waals surface area contributed by atoms with Gasteiger partial charge in [-0.15, -0.1) is 0 Å². The monoisotopic (exact) mass is 289 g/mol. The van der Waals surface area contributed by atoms with Crippen molar-refractivity contribution < 1.29 is 14.0 Å². The van der Waals surface area contributed by atoms with Gasteiger partial charge in [0.2, 0.25) is 0 Å². The van der Waals surface area contributed by atoms with Gasteiger partial charge in [-0.3, -0.25) is 9.59 Å². The van der Waals surface area contributed by atoms with Gasteiger partial charge in [0.15, 0.2) is 0 Å². The second-order valence-corrected chi connectivity index (χ2v) is 4.16. The molecule has 0 unspecified atom stereocenters. The van der Waals surface area contributed by atoms with Crippen molar-refractivity contribution in [2.45, 2.75) is 0 Å². The molecular formula is C10H9ClFN3O2S. The van der Waals surface area contributed by atoms with Gasteiger partial charge in [-0.25, -0.2) is 4.39 Å². The predicted molar refractivity (Wildman–Crippen MR) is 69.8 cm³/mol. The fraction of sp³-hybridized carbons (Fsp3) is 0.100. The molecule has 0 bridgehead atoms. The van der Waals surface area contributed by atoms with Crippen molar-refractivity contribution in [3.05, 3.63) is 29.0 Å². The summed E-state index contributed by atoms with van der Waals surface area (Å²) >= 11 is 10.2. The number of rotatable bonds is 3. The van der Waals surface area contributed by atoms with Crippen LogP contribution < -0.4 is 16.4 Å². The highest BCUT2D eigenvalue weighted by atomic mass is 35.5. The molecule has 0 aliphatic rings. The summed E-state index contributed by atoms with van der Waals surface area (Å²) in [5.74, 6) is -2.40. The van der Waals surface area contributed by atoms with Crippen molar-refractivity contribution in [2.75, 3.05) is 11.9 Å². The molecule has 0 saturated heterocycles. The third-order valence-corrected chi connectivity index (χ3v) is 2.27. The van der Waals surface area contributed by atoms with Crippen molar-refractivity contribution >= 4 is 46.3 Å². The Morgan fingerprint density at radius 3 is 2.61 bits per heavy atom. The van der Waals surface area contributed by atoms with Crippen LogP contribution in [0.4, 0.5) is 10.1 Å². The smallest absolute Gasteiger partial charge is 0.313 e. The molecule has 0 aliphatic heterocycles. The lowest BCUT2D eigenvalue weighted by molar-refractivity contribution is -0.135. The number of carbonyl (C=O) groups excluding carboxylic acids is 2. The van der Waals surface area contributed by atoms with Crippen LogP contribution in [-0.2, 0) is 9.59 Å². The maximum Gasteiger partial charge on any atom is 0.313 e. The van der Waals surface area contributed by atoms with E-state index in [4.69, 9.17) is 17.3 Å². The largest absolute Gasteiger partial charge is 0.392 e. The van der Waals surface area contributed by atoms with Crippen LogP contribution in [0.2, 0.25) is 5.02 Å². The van der Waals surface area contributed by atoms with Crippen LogP contribution in [0, 0.1) is 5.82 Å². The number of benzene rings is 1. The van der Waals surface area contributed by atoms with Crippen LogP contribution in [-0.4, -0.2) is 23.3 Å². The van der Waals surface area contributed by atoms with Crippen LogP contribution in [0.15, 0.2) is 18.2 Å². The molecule has 0 saturated carbocycles. The van der Waals surface area contributed by atoms with Crippen molar-refractivity contribution in [1.82, 2.24) is 5.32 Å². The lowest BCUT2D eigenvalue weighted by Crippen LogP contribution is -2.39. The van der Waals surface area contributed by atoms with E-state index in [1.54, 1.807) is 0 Å². The molecule has 1 aromatic rings. The van der Waals surface area contributed by atoms with Crippen molar-refractivity contribution in [1.29, 1.82) is 0 Å². The third kappa shape index (κ3) is 4.27. The van der Waals surface area contributed by atoms with Gasteiger partial charge in [0.1, 0.15) is 5.82 Å². The van der Waals surface area contributed by atoms with E-state index < -0.39 is 17.6 Å². The van der Waals surface area contributed by atoms with E-state index in [1.165, 1.54) is 6.07 Å². The van der Waals surface area contributed by atoms with E-state index in [0.29, 0.717) is 0 Å². The molecule has 0 spiro atoms. The second kappa shape index (κ2) is 6.27. The van der Waals surface area contributed by atoms with Crippen LogP contribution in [0.1, 0.15) is 0 Å². The maximum atomic E-state index is 12.7. The number of hydrogen-bond donors (Lipinski definition) is 3. The molecule has 8 heteroatoms. The summed E-state index contributed by atoms with van der Waals surface area (Å²) in [5.41, 5.74) is 5.29. The minimum Gasteiger partial charge on any atom is -0.392 e. The van der Waals surface area contributed by atoms with Gasteiger partial charge in [-0.1, -0.05) is 23.8 Å². The normalized spacial score (nSPS) is 9.67. The van der Waals surface area contributed by atoms with Crippen LogP contribution >= 0.6 is 23.8 Å². The molecule has 5 nitrogen and oxygen atoms in total. The molecule has 0 aliphatic carbocycles. The Labute approximate surface area is 112 Å². The molecule has 0 radical (unpaired) electrons. The molecule has 96 valence electrons. The van der Waals surface area contributed by atoms with E-state index in [0.717, 1.165) is 12.1 Å². The zero-order valence-electron chi connectivity index (χ0n) is 9.00. The molecule has 4 N–H and O–H groups in total. The second-order valence-electron chi connectivity index (χ2n) is 3.23. The predicted octanol–water partition coefficient (Wildman–Crippen LogP) is 0.820. The molecule has 0 fully saturated rings. The number of halogens is 2. The molecular weight excluding hydrogens is 281 g/mol. The fourth-order valence-corrected chi connectivity index (χ4v) is 1.30. The third-order valence-electron chi connectivity index (χ3n) is 1.81. The van der Waals surface area contributed by atoms with Crippen molar-refractivity contribution in [2.24, 2.45) is 5.73 Å². The summed E-state index contributed by atoms with van der Waals surface area (Å²) < 4.78 is 12.7. The van der Waals surface area contributed by atoms with Gasteiger partial charge in [-0.05, 0) is 18.2 Å². The average Bonchev–Trinajstić information content (AvgIpc) is 2.29. The number of nitrogens with one attached hydrogen (secondary N) is 2. The standard InChI is InChI=1S/C10H9ClFN3O2S/c11-6-3-5(12)1-2-7(6)15-10(17)9(16)14-4-8(13)18/h1-3H,4H2,(H2,13,18)(H,14,16)(H,15,17). The summed E-state index contributed by atoms with van der Waals surface area (Å²) in [6, 6.07) is 3.37. The minimum absolute atomic E-state index is 0.00880. The number of carbonyl (C=O) groups is 2. The number of hydrogen-bond acceptors (Lipinski definition) is 3. The zero-order chi connectivity index (χ0) is 13.7. The first-order valence-electron chi connectivity index (χ1n) is 4.72. The average molecular weight is 290 g/mol. The lowest BCUT2D eigenvalue weighted by Gasteiger charge is -2.07. The Morgan fingerprint density at radius 2 is 2.06 bits per heavy atom. The van der Waals surface area contributed by atoms with E-state index >= 15 is 0 Å². The van der Waals surface area contributed by atoms with E-state index in [2.05, 4.69) is 22.9 Å². The first-order valence-corrected chi connectivity index (χ1v) is 5.51. The number of nitrogens with two attached hydrogens (primary N) is 1. The molecule has 0 aromatic heterocycles. The molecule has 18 heavy (non-hydrogen) atoms. The van der Waals surface area contributed by atoms with Crippen LogP contribution in [0.25, 0.3) is 0 Å². The number of thiocarbonyl (C=S) groups is 1. The van der Waals surface area contributed by atoms with Crippen molar-refractivity contribution in [3.8, 4) is 0 Å². The van der Waals surface area contributed by atoms with Gasteiger partial charge >= 0.3 is 11.8 Å². The van der Waals surface area contributed by atoms with Crippen molar-refractivity contribution in [3.63, 3.8) is 0 Å². The van der Waals surface area contributed by atoms with Gasteiger partial charge < -0.3 is 16.4 Å².